The van der Waals surface area contributed by atoms with Crippen LogP contribution in [0, 0.1) is 0 Å². The molecule has 0 radical (unpaired) electrons. The maximum absolute atomic E-state index is 11.4. The van der Waals surface area contributed by atoms with E-state index in [9.17, 15) is 14.4 Å². The minimum atomic E-state index is -0.481. The molecule has 0 saturated carbocycles. The summed E-state index contributed by atoms with van der Waals surface area (Å²) in [7, 11) is 1.28. The van der Waals surface area contributed by atoms with Crippen LogP contribution in [0.25, 0.3) is 6.08 Å². The molecule has 86 valence electrons. The van der Waals surface area contributed by atoms with Crippen LogP contribution in [-0.2, 0) is 9.53 Å². The quantitative estimate of drug-likeness (QED) is 0.463. The van der Waals surface area contributed by atoms with Crippen molar-refractivity contribution in [2.75, 3.05) is 7.11 Å². The van der Waals surface area contributed by atoms with Crippen LogP contribution in [0.5, 0.6) is 0 Å². The number of carbonyl (C=O) groups is 3. The lowest BCUT2D eigenvalue weighted by Crippen LogP contribution is -2.19. The smallest absolute Gasteiger partial charge is 0.330 e. The summed E-state index contributed by atoms with van der Waals surface area (Å²) in [6.07, 6.45) is 2.76. The number of ether oxygens (including phenoxy) is 1. The van der Waals surface area contributed by atoms with Crippen LogP contribution < -0.4 is 5.32 Å². The van der Waals surface area contributed by atoms with E-state index < -0.39 is 17.8 Å². The molecule has 2 rings (SSSR count). The monoisotopic (exact) mass is 231 g/mol. The van der Waals surface area contributed by atoms with E-state index in [1.54, 1.807) is 18.2 Å². The number of fused-ring (bicyclic) bond motifs is 1. The summed E-state index contributed by atoms with van der Waals surface area (Å²) in [6, 6.07) is 4.75. The van der Waals surface area contributed by atoms with E-state index in [1.165, 1.54) is 19.3 Å². The summed E-state index contributed by atoms with van der Waals surface area (Å²) in [4.78, 5) is 33.5. The topological polar surface area (TPSA) is 72.5 Å². The Morgan fingerprint density at radius 2 is 1.94 bits per heavy atom. The van der Waals surface area contributed by atoms with Gasteiger partial charge in [-0.15, -0.1) is 0 Å². The lowest BCUT2D eigenvalue weighted by Gasteiger charge is -1.97. The number of nitrogens with one attached hydrogen (secondary N) is 1. The second kappa shape index (κ2) is 4.21. The van der Waals surface area contributed by atoms with E-state index in [0.29, 0.717) is 16.7 Å². The Morgan fingerprint density at radius 1 is 1.24 bits per heavy atom. The number of hydrogen-bond acceptors (Lipinski definition) is 4. The van der Waals surface area contributed by atoms with Crippen molar-refractivity contribution < 1.29 is 19.1 Å². The molecule has 0 saturated heterocycles. The van der Waals surface area contributed by atoms with E-state index in [1.807, 2.05) is 0 Å². The summed E-state index contributed by atoms with van der Waals surface area (Å²) >= 11 is 0. The van der Waals surface area contributed by atoms with Crippen molar-refractivity contribution >= 4 is 23.9 Å². The molecular weight excluding hydrogens is 222 g/mol. The average molecular weight is 231 g/mol. The van der Waals surface area contributed by atoms with Crippen LogP contribution in [0.1, 0.15) is 26.3 Å². The molecular formula is C12H9NO4. The van der Waals surface area contributed by atoms with Crippen molar-refractivity contribution in [2.45, 2.75) is 0 Å². The number of hydrogen-bond donors (Lipinski definition) is 1. The lowest BCUT2D eigenvalue weighted by molar-refractivity contribution is -0.134. The molecule has 0 spiro atoms. The Morgan fingerprint density at radius 3 is 2.65 bits per heavy atom. The fraction of sp³-hybridized carbons (Fsp3) is 0.0833. The fourth-order valence-electron chi connectivity index (χ4n) is 1.52. The van der Waals surface area contributed by atoms with E-state index in [-0.39, 0.29) is 0 Å². The van der Waals surface area contributed by atoms with Crippen LogP contribution in [0.3, 0.4) is 0 Å². The molecule has 17 heavy (non-hydrogen) atoms. The Labute approximate surface area is 97.1 Å². The SMILES string of the molecule is COC(=O)C=Cc1ccc2c(c1)C(=O)NC2=O. The first-order valence-electron chi connectivity index (χ1n) is 4.87. The van der Waals surface area contributed by atoms with Gasteiger partial charge in [0.2, 0.25) is 0 Å². The van der Waals surface area contributed by atoms with Crippen molar-refractivity contribution in [1.82, 2.24) is 5.32 Å². The number of amides is 2. The zero-order valence-corrected chi connectivity index (χ0v) is 9.02. The second-order valence-electron chi connectivity index (χ2n) is 3.44. The number of carbonyl (C=O) groups excluding carboxylic acids is 3. The van der Waals surface area contributed by atoms with Crippen LogP contribution in [-0.4, -0.2) is 24.9 Å². The highest BCUT2D eigenvalue weighted by molar-refractivity contribution is 6.21. The fourth-order valence-corrected chi connectivity index (χ4v) is 1.52. The predicted octanol–water partition coefficient (Wildman–Crippen LogP) is 0.756. The Balaban J connectivity index is 2.32. The van der Waals surface area contributed by atoms with Crippen molar-refractivity contribution in [3.63, 3.8) is 0 Å². The number of imide groups is 1. The highest BCUT2D eigenvalue weighted by atomic mass is 16.5. The summed E-state index contributed by atoms with van der Waals surface area (Å²) in [5.74, 6) is -1.29. The van der Waals surface area contributed by atoms with Gasteiger partial charge in [-0.1, -0.05) is 6.07 Å². The molecule has 0 aliphatic carbocycles. The third-order valence-electron chi connectivity index (χ3n) is 2.37. The largest absolute Gasteiger partial charge is 0.466 e. The van der Waals surface area contributed by atoms with Crippen molar-refractivity contribution in [3.8, 4) is 0 Å². The highest BCUT2D eigenvalue weighted by Crippen LogP contribution is 2.18. The number of rotatable bonds is 2. The molecule has 1 heterocycles. The van der Waals surface area contributed by atoms with E-state index in [2.05, 4.69) is 10.1 Å². The molecule has 5 heteroatoms. The normalized spacial score (nSPS) is 13.7. The zero-order valence-electron chi connectivity index (χ0n) is 9.02. The summed E-state index contributed by atoms with van der Waals surface area (Å²) in [5, 5.41) is 2.19. The maximum Gasteiger partial charge on any atom is 0.330 e. The number of esters is 1. The van der Waals surface area contributed by atoms with Crippen molar-refractivity contribution in [3.05, 3.63) is 41.0 Å². The third-order valence-corrected chi connectivity index (χ3v) is 2.37. The van der Waals surface area contributed by atoms with Crippen LogP contribution in [0.4, 0.5) is 0 Å². The van der Waals surface area contributed by atoms with Gasteiger partial charge in [0.15, 0.2) is 0 Å². The first kappa shape index (κ1) is 11.1. The molecule has 0 atom stereocenters. The van der Waals surface area contributed by atoms with Gasteiger partial charge >= 0.3 is 5.97 Å². The molecule has 0 bridgehead atoms. The third kappa shape index (κ3) is 2.08. The average Bonchev–Trinajstić information content (AvgIpc) is 2.62. The van der Waals surface area contributed by atoms with Crippen molar-refractivity contribution in [1.29, 1.82) is 0 Å². The maximum atomic E-state index is 11.4. The van der Waals surface area contributed by atoms with E-state index >= 15 is 0 Å². The van der Waals surface area contributed by atoms with E-state index in [4.69, 9.17) is 0 Å². The molecule has 1 aromatic carbocycles. The second-order valence-corrected chi connectivity index (χ2v) is 3.44. The van der Waals surface area contributed by atoms with Crippen LogP contribution in [0.2, 0.25) is 0 Å². The molecule has 5 nitrogen and oxygen atoms in total. The lowest BCUT2D eigenvalue weighted by atomic mass is 10.1. The Bertz CT molecular complexity index is 545. The molecule has 1 aliphatic rings. The van der Waals surface area contributed by atoms with Gasteiger partial charge in [-0.2, -0.15) is 0 Å². The molecule has 1 aliphatic heterocycles. The number of methoxy groups -OCH3 is 1. The molecule has 0 fully saturated rings. The molecule has 2 amide bonds. The van der Waals surface area contributed by atoms with Crippen LogP contribution in [0.15, 0.2) is 24.3 Å². The van der Waals surface area contributed by atoms with Crippen molar-refractivity contribution in [2.24, 2.45) is 0 Å². The van der Waals surface area contributed by atoms with Gasteiger partial charge in [-0.25, -0.2) is 4.79 Å². The Kier molecular flexibility index (Phi) is 2.74. The highest BCUT2D eigenvalue weighted by Gasteiger charge is 2.26. The van der Waals surface area contributed by atoms with Gasteiger partial charge < -0.3 is 4.74 Å². The van der Waals surface area contributed by atoms with E-state index in [0.717, 1.165) is 0 Å². The Hall–Kier alpha value is -2.43. The molecule has 1 N–H and O–H groups in total. The summed E-state index contributed by atoms with van der Waals surface area (Å²) < 4.78 is 4.44. The first-order chi connectivity index (χ1) is 8.11. The predicted molar refractivity (Wildman–Crippen MR) is 59.3 cm³/mol. The molecule has 0 aromatic heterocycles. The van der Waals surface area contributed by atoms with Gasteiger partial charge in [0.05, 0.1) is 18.2 Å². The summed E-state index contributed by atoms with van der Waals surface area (Å²) in [5.41, 5.74) is 1.33. The van der Waals surface area contributed by atoms with Gasteiger partial charge in [0.1, 0.15) is 0 Å². The standard InChI is InChI=1S/C12H9NO4/c1-17-10(14)5-3-7-2-4-8-9(6-7)12(16)13-11(8)15/h2-6H,1H3,(H,13,15,16). The zero-order chi connectivity index (χ0) is 12.4. The molecule has 1 aromatic rings. The van der Waals surface area contributed by atoms with Gasteiger partial charge in [0, 0.05) is 6.08 Å². The van der Waals surface area contributed by atoms with Crippen LogP contribution >= 0.6 is 0 Å². The minimum absolute atomic E-state index is 0.321. The summed E-state index contributed by atoms with van der Waals surface area (Å²) in [6.45, 7) is 0. The van der Waals surface area contributed by atoms with Gasteiger partial charge in [-0.3, -0.25) is 14.9 Å². The van der Waals surface area contributed by atoms with Gasteiger partial charge in [0.25, 0.3) is 11.8 Å². The molecule has 0 unspecified atom stereocenters. The van der Waals surface area contributed by atoms with Gasteiger partial charge in [-0.05, 0) is 23.8 Å². The minimum Gasteiger partial charge on any atom is -0.466 e. The number of benzene rings is 1. The first-order valence-corrected chi connectivity index (χ1v) is 4.87.